The average Bonchev–Trinajstić information content (AvgIpc) is 1.59. The van der Waals surface area contributed by atoms with Crippen LogP contribution in [0.4, 0.5) is 0 Å². The van der Waals surface area contributed by atoms with Gasteiger partial charge in [-0.25, -0.2) is 9.59 Å². The molecule has 18 aromatic rings. The van der Waals surface area contributed by atoms with Crippen molar-refractivity contribution in [1.29, 1.82) is 0 Å². The summed E-state index contributed by atoms with van der Waals surface area (Å²) in [6.45, 7) is 14.7. The van der Waals surface area contributed by atoms with Crippen molar-refractivity contribution in [1.82, 2.24) is 89.9 Å². The number of amides is 1. The largest absolute Gasteiger partial charge is 0.476 e. The average molecular weight is 2060 g/mol. The Morgan fingerprint density at radius 2 is 0.854 bits per heavy atom. The van der Waals surface area contributed by atoms with Gasteiger partial charge in [0.15, 0.2) is 34.4 Å². The van der Waals surface area contributed by atoms with Gasteiger partial charge in [-0.2, -0.15) is 30.6 Å². The SMILES string of the molecule is Brc1ccc2cn[nH]c2c1.CCC[CH2][Sn]([CH2]CCC)([CH2]CCC)[c]1cc(C(=O)OCC)no1.CCOC(=O)c1cc(-c2ccc3cnn(C)c3c2)on1.Cn1cc2ccc(Br)cc2n1.Cn1ncc2ccc(-c3cc(C(=O)N4CC(c5ccccc5)C4)no3)cc21.Cn1ncc2ccc(-c3cc(C(=O)O)no3)cc21.Cn1ncc2ccc(Br)cc21.c1ccc(C2CNC2)cc1. The van der Waals surface area contributed by atoms with Gasteiger partial charge in [0.1, 0.15) is 0 Å². The number of aromatic carboxylic acids is 1. The number of carboxylic acid groups (broad SMARTS) is 1. The summed E-state index contributed by atoms with van der Waals surface area (Å²) in [6, 6.07) is 63.1. The summed E-state index contributed by atoms with van der Waals surface area (Å²) >= 11 is 7.56. The van der Waals surface area contributed by atoms with E-state index in [1.165, 1.54) is 79.8 Å². The van der Waals surface area contributed by atoms with Crippen LogP contribution in [0, 0.1) is 0 Å². The number of carbonyl (C=O) groups is 4. The first-order valence-corrected chi connectivity index (χ1v) is 52.9. The van der Waals surface area contributed by atoms with Gasteiger partial charge in [-0.3, -0.25) is 33.3 Å². The second kappa shape index (κ2) is 45.7. The number of fused-ring (bicyclic) bond motifs is 6. The quantitative estimate of drug-likeness (QED) is 0.0444. The molecular weight excluding hydrogens is 1950 g/mol. The Kier molecular flexibility index (Phi) is 33.4. The molecule has 29 nitrogen and oxygen atoms in total. The third-order valence-electron chi connectivity index (χ3n) is 22.3. The number of carboxylic acids is 1. The first kappa shape index (κ1) is 95.1. The van der Waals surface area contributed by atoms with E-state index < -0.39 is 30.3 Å². The minimum atomic E-state index is -2.61. The number of aromatic amines is 1. The third-order valence-corrected chi connectivity index (χ3v) is 38.6. The molecule has 2 saturated heterocycles. The van der Waals surface area contributed by atoms with Crippen molar-refractivity contribution in [3.63, 3.8) is 0 Å². The maximum atomic E-state index is 12.7. The van der Waals surface area contributed by atoms with Crippen molar-refractivity contribution in [2.24, 2.45) is 35.2 Å². The van der Waals surface area contributed by atoms with Gasteiger partial charge < -0.3 is 33.6 Å². The van der Waals surface area contributed by atoms with Crippen LogP contribution in [-0.4, -0.2) is 171 Å². The number of halogens is 3. The molecule has 3 N–H and O–H groups in total. The van der Waals surface area contributed by atoms with E-state index >= 15 is 0 Å². The molecule has 1 amide bonds. The van der Waals surface area contributed by atoms with Gasteiger partial charge in [0.2, 0.25) is 0 Å². The molecule has 0 saturated carbocycles. The van der Waals surface area contributed by atoms with E-state index in [0.717, 1.165) is 108 Å². The normalized spacial score (nSPS) is 12.3. The minimum absolute atomic E-state index is 0.0845. The molecule has 2 fully saturated rings. The summed E-state index contributed by atoms with van der Waals surface area (Å²) in [5, 5.41) is 61.6. The number of hydrogen-bond donors (Lipinski definition) is 3. The molecule has 2 aliphatic heterocycles. The fraction of sp³-hybridized carbons (Fsp3) is 0.278. The fourth-order valence-corrected chi connectivity index (χ4v) is 31.0. The minimum Gasteiger partial charge on any atom is -0.476 e. The van der Waals surface area contributed by atoms with Crippen LogP contribution < -0.4 is 9.09 Å². The van der Waals surface area contributed by atoms with Crippen LogP contribution in [0.2, 0.25) is 13.3 Å². The zero-order valence-electron chi connectivity index (χ0n) is 74.0. The zero-order chi connectivity index (χ0) is 91.8. The molecule has 672 valence electrons. The number of aryl methyl sites for hydroxylation is 5. The first-order valence-electron chi connectivity index (χ1n) is 43.1. The van der Waals surface area contributed by atoms with Crippen molar-refractivity contribution < 1.29 is 51.9 Å². The maximum absolute atomic E-state index is 12.7. The van der Waals surface area contributed by atoms with E-state index in [-0.39, 0.29) is 23.3 Å². The number of benzene rings is 8. The molecule has 20 rings (SSSR count). The number of likely N-dealkylation sites (tertiary alicyclic amines) is 1. The number of ether oxygens (including phenoxy) is 2. The molecule has 10 aromatic heterocycles. The standard InChI is InChI=1S/C21H18N4O2.C14H13N3O3.C12H9N3O3.C9H11N.2C8H7BrN2.C7H5BrN2.C6H6NO3.3C4H9.Sn/c1-24-19-9-15(7-8-16(19)11-22-24)20-10-18(23-27-20)21(26)25-12-17(13-25)14-5-3-2-4-6-14;1-3-19-14(18)11-7-13(20-16-11)9-4-5-10-8-15-17(2)12(10)6-9;1-15-10-4-7(2-3-8(10)6-13-15)11-5-9(12(16)17)14-18-11;1-2-4-8(5-3-1)9-6-10-7-9;1-11-5-6-2-3-7(9)4-8(6)10-11;1-11-8-4-7(9)3-2-6(8)5-10-11;8-6-2-1-5-4-9-10-7(5)3-6;1-2-9-6(8)5-3-4-10-7-5;3*1-3-4-2;/h2-11,17H,12-13H2,1H3;4-8H,3H2,1-2H3;2-6H,1H3,(H,16,17);1-5,9-10H,6-7H2;2*2-5H,1H3;1-4H,(H,9,10);3H,2H2,1H3;3*1,3-4H2,2H3;. The van der Waals surface area contributed by atoms with Crippen molar-refractivity contribution in [2.45, 2.75) is 98.3 Å². The zero-order valence-corrected chi connectivity index (χ0v) is 81.6. The number of aromatic nitrogens is 16. The Hall–Kier alpha value is -12.5. The van der Waals surface area contributed by atoms with Gasteiger partial charge >= 0.3 is 157 Å². The second-order valence-electron chi connectivity index (χ2n) is 31.4. The topological polar surface area (TPSA) is 344 Å². The van der Waals surface area contributed by atoms with Crippen LogP contribution in [0.25, 0.3) is 99.4 Å². The Labute approximate surface area is 780 Å². The summed E-state index contributed by atoms with van der Waals surface area (Å²) < 4.78 is 48.6. The Bertz CT molecular complexity index is 6750. The van der Waals surface area contributed by atoms with E-state index in [9.17, 15) is 19.2 Å². The van der Waals surface area contributed by atoms with Crippen molar-refractivity contribution in [3.05, 3.63) is 279 Å². The van der Waals surface area contributed by atoms with Gasteiger partial charge in [0.05, 0.1) is 70.7 Å². The van der Waals surface area contributed by atoms with Gasteiger partial charge in [0.25, 0.3) is 5.91 Å². The molecule has 0 bridgehead atoms. The molecule has 0 aliphatic carbocycles. The van der Waals surface area contributed by atoms with E-state index in [1.807, 2.05) is 213 Å². The number of nitrogens with zero attached hydrogens (tertiary/aromatic N) is 16. The van der Waals surface area contributed by atoms with Gasteiger partial charge in [0, 0.05) is 160 Å². The Morgan fingerprint density at radius 1 is 0.446 bits per heavy atom. The third kappa shape index (κ3) is 24.5. The van der Waals surface area contributed by atoms with Gasteiger partial charge in [-0.05, 0) is 72.6 Å². The van der Waals surface area contributed by atoms with E-state index in [2.05, 4.69) is 179 Å². The number of H-pyrrole nitrogens is 1. The van der Waals surface area contributed by atoms with Crippen molar-refractivity contribution >= 4 is 159 Å². The summed E-state index contributed by atoms with van der Waals surface area (Å²) in [6.07, 6.45) is 18.5. The van der Waals surface area contributed by atoms with Crippen molar-refractivity contribution in [2.75, 3.05) is 39.4 Å². The first-order chi connectivity index (χ1) is 63.0. The maximum Gasteiger partial charge on any atom is 0.360 e. The van der Waals surface area contributed by atoms with Crippen LogP contribution in [0.5, 0.6) is 0 Å². The molecule has 2 aliphatic rings. The van der Waals surface area contributed by atoms with E-state index in [4.69, 9.17) is 32.7 Å². The Morgan fingerprint density at radius 3 is 1.32 bits per heavy atom. The molecule has 12 heterocycles. The monoisotopic (exact) mass is 2050 g/mol. The fourth-order valence-electron chi connectivity index (χ4n) is 14.9. The molecule has 0 unspecified atom stereocenters. The molecule has 0 atom stereocenters. The number of hydrogen-bond acceptors (Lipinski definition) is 21. The van der Waals surface area contributed by atoms with Crippen LogP contribution in [0.1, 0.15) is 138 Å². The summed E-state index contributed by atoms with van der Waals surface area (Å²) in [7, 11) is 9.48. The molecule has 0 radical (unpaired) electrons. The molecule has 33 heteroatoms. The molecule has 8 aromatic carbocycles. The number of rotatable bonds is 21. The van der Waals surface area contributed by atoms with Gasteiger partial charge in [-0.1, -0.05) is 179 Å². The second-order valence-corrected chi connectivity index (χ2v) is 47.2. The van der Waals surface area contributed by atoms with Crippen molar-refractivity contribution in [3.8, 4) is 34.0 Å². The molecule has 0 spiro atoms. The van der Waals surface area contributed by atoms with E-state index in [0.29, 0.717) is 60.9 Å². The van der Waals surface area contributed by atoms with Crippen LogP contribution in [-0.2, 0) is 44.7 Å². The van der Waals surface area contributed by atoms with E-state index in [1.54, 1.807) is 40.8 Å². The summed E-state index contributed by atoms with van der Waals surface area (Å²) in [4.78, 5) is 48.7. The summed E-state index contributed by atoms with van der Waals surface area (Å²) in [5.74, 6) is 0.682. The van der Waals surface area contributed by atoms with Crippen LogP contribution >= 0.6 is 47.8 Å². The summed E-state index contributed by atoms with van der Waals surface area (Å²) in [5.41, 5.74) is 12.2. The number of nitrogens with one attached hydrogen (secondary N) is 2. The predicted octanol–water partition coefficient (Wildman–Crippen LogP) is 21.1. The molecular formula is C97H103Br3N18O11Sn. The Balaban J connectivity index is 0.000000130. The van der Waals surface area contributed by atoms with Crippen LogP contribution in [0.15, 0.2) is 263 Å². The number of unbranched alkanes of at least 4 members (excludes halogenated alkanes) is 3. The smallest absolute Gasteiger partial charge is 0.360 e. The number of esters is 2. The number of carbonyl (C=O) groups excluding carboxylic acids is 3. The predicted molar refractivity (Wildman–Crippen MR) is 516 cm³/mol. The van der Waals surface area contributed by atoms with Crippen LogP contribution in [0.3, 0.4) is 0 Å². The van der Waals surface area contributed by atoms with Gasteiger partial charge in [-0.15, -0.1) is 0 Å². The molecule has 130 heavy (non-hydrogen) atoms.